The van der Waals surface area contributed by atoms with Crippen molar-refractivity contribution in [3.63, 3.8) is 0 Å². The zero-order valence-electron chi connectivity index (χ0n) is 75.1. The molecule has 0 spiro atoms. The summed E-state index contributed by atoms with van der Waals surface area (Å²) >= 11 is 79.3. The summed E-state index contributed by atoms with van der Waals surface area (Å²) in [4.78, 5) is 48.3. The molecule has 4 aliphatic carbocycles. The molecule has 3 aliphatic heterocycles. The maximum Gasteiger partial charge on any atom is 0.306 e. The van der Waals surface area contributed by atoms with Gasteiger partial charge in [-0.15, -0.1) is 106 Å². The second-order valence-electron chi connectivity index (χ2n) is 33.0. The highest BCUT2D eigenvalue weighted by molar-refractivity contribution is 7.99. The van der Waals surface area contributed by atoms with Crippen molar-refractivity contribution in [3.05, 3.63) is 171 Å². The zero-order chi connectivity index (χ0) is 95.9. The molecule has 18 nitrogen and oxygen atoms in total. The summed E-state index contributed by atoms with van der Waals surface area (Å²) in [7, 11) is -3.55. The molecular formula is C97H134Cl12O18S4. The van der Waals surface area contributed by atoms with E-state index in [1.54, 1.807) is 79.0 Å². The smallest absolute Gasteiger partial charge is 0.306 e. The number of Topliss-reactive ketones (excluding diaryl/α,β-unsaturated/α-hetero) is 1. The Labute approximate surface area is 853 Å². The van der Waals surface area contributed by atoms with Crippen LogP contribution in [0.1, 0.15) is 193 Å². The number of halogens is 12. The van der Waals surface area contributed by atoms with Crippen LogP contribution in [-0.4, -0.2) is 183 Å². The number of rotatable bonds is 46. The summed E-state index contributed by atoms with van der Waals surface area (Å²) in [5.74, 6) is 2.37. The highest BCUT2D eigenvalue weighted by Gasteiger charge is 2.47. The number of allylic oxidation sites excluding steroid dienone is 8. The molecule has 3 unspecified atom stereocenters. The van der Waals surface area contributed by atoms with E-state index in [0.29, 0.717) is 94.0 Å². The lowest BCUT2D eigenvalue weighted by Gasteiger charge is -2.30. The minimum Gasteiger partial charge on any atom is -0.461 e. The highest BCUT2D eigenvalue weighted by Crippen LogP contribution is 2.47. The fourth-order valence-electron chi connectivity index (χ4n) is 16.3. The summed E-state index contributed by atoms with van der Waals surface area (Å²) in [6, 6.07) is 16.3. The van der Waals surface area contributed by atoms with E-state index in [0.717, 1.165) is 180 Å². The topological polar surface area (TPSA) is 235 Å². The van der Waals surface area contributed by atoms with Crippen LogP contribution in [0, 0.1) is 47.3 Å². The minimum absolute atomic E-state index is 0.00530. The number of hydrogen-bond acceptors (Lipinski definition) is 21. The molecule has 19 atom stereocenters. The Morgan fingerprint density at radius 3 is 1.10 bits per heavy atom. The number of hydrogen-bond donors (Lipinski definition) is 3. The Morgan fingerprint density at radius 1 is 0.458 bits per heavy atom. The Hall–Kier alpha value is -1.96. The van der Waals surface area contributed by atoms with E-state index in [9.17, 15) is 37.8 Å². The number of benzene rings is 3. The molecule has 4 saturated carbocycles. The standard InChI is InChI=1S/C27H35Cl3O4S.C22H35ClO7S.C21H33ClO5.C20H25Cl3O2S.C6H4Cl2S.CH2Cl2/c1-2-12-32-26(31)10-6-4-3-5-9-22-23(18-35-21-15-19(28)14-20(29)16-21)25(17-24(22)30)34-27-11-7-8-13-33-27;1-3-13-27-21(24)11-7-5-4-6-10-17-18(16-29-31(2,25)26)20(15-19(17)23)30-22-12-8-9-14-28-22;1-2-12-25-20(24)10-6-4-3-5-9-16-17(15-23)19(14-18(16)22)27-21-11-7-8-13-26-21;1-13(24)6-4-2-3-5-7-17-18(20(25)11-19(17)23)12-26-16-9-14(21)8-15(22)10-16;7-4-1-5(8)3-6(9)2-4;2-1-3/h2-3,5,14-16,22-25,27H,1,4,6-13,17-18H2;3-4,6,17-20,22H,1,5,7-16H2,2H3;2-3,5,16-19,21,23H,1,4,6-15H2;3,5,8-10,17-20,25H,2,4,6-7,11-12H2,1H3;1-3,9H;1H2/b5-3-;6-4-;2*5-3-;;/t22-,23-,24-,25-,27?;17-,18-,19-,20-,22?;16-,17-,18-,19-,21?;17-,18-,19-,20-;;/m1111../s1. The number of ether oxygens (including phenoxy) is 9. The molecule has 7 fully saturated rings. The number of thioether (sulfide) groups is 2. The van der Waals surface area contributed by atoms with Crippen LogP contribution in [0.3, 0.4) is 0 Å². The molecule has 0 radical (unpaired) electrons. The second kappa shape index (κ2) is 69.8. The molecule has 7 aliphatic rings. The lowest BCUT2D eigenvalue weighted by Crippen LogP contribution is -2.34. The van der Waals surface area contributed by atoms with Crippen molar-refractivity contribution in [2.45, 2.75) is 273 Å². The molecule has 34 heteroatoms. The van der Waals surface area contributed by atoms with Crippen molar-refractivity contribution in [1.82, 2.24) is 0 Å². The summed E-state index contributed by atoms with van der Waals surface area (Å²) in [5, 5.41) is 24.1. The largest absolute Gasteiger partial charge is 0.461 e. The van der Waals surface area contributed by atoms with Crippen molar-refractivity contribution in [2.75, 3.05) is 76.0 Å². The van der Waals surface area contributed by atoms with Crippen molar-refractivity contribution in [3.8, 4) is 0 Å². The lowest BCUT2D eigenvalue weighted by molar-refractivity contribution is -0.197. The second-order valence-corrected chi connectivity index (χ2v) is 43.1. The maximum atomic E-state index is 11.6. The average molecular weight is 2140 g/mol. The number of ketones is 1. The van der Waals surface area contributed by atoms with E-state index in [4.69, 9.17) is 186 Å². The molecule has 0 bridgehead atoms. The van der Waals surface area contributed by atoms with E-state index in [2.05, 4.69) is 68.8 Å². The van der Waals surface area contributed by atoms with E-state index in [1.165, 1.54) is 0 Å². The first-order valence-corrected chi connectivity index (χ1v) is 54.5. The lowest BCUT2D eigenvalue weighted by atomic mass is 9.92. The minimum atomic E-state index is -3.55. The fraction of sp³-hybridized carbons (Fsp3) is 0.629. The summed E-state index contributed by atoms with van der Waals surface area (Å²) in [5.41, 5.74) is 0. The first kappa shape index (κ1) is 120. The number of aliphatic hydroxyl groups excluding tert-OH is 2. The first-order chi connectivity index (χ1) is 62.9. The fourth-order valence-corrected chi connectivity index (χ4v) is 23.4. The van der Waals surface area contributed by atoms with Gasteiger partial charge < -0.3 is 57.6 Å². The van der Waals surface area contributed by atoms with Gasteiger partial charge in [-0.3, -0.25) is 18.6 Å². The quantitative estimate of drug-likeness (QED) is 0.00697. The van der Waals surface area contributed by atoms with E-state index in [-0.39, 0.29) is 168 Å². The normalized spacial score (nSPS) is 26.5. The van der Waals surface area contributed by atoms with Gasteiger partial charge >= 0.3 is 17.9 Å². The molecule has 738 valence electrons. The van der Waals surface area contributed by atoms with Crippen LogP contribution in [-0.2, 0) is 76.1 Å². The third-order valence-corrected chi connectivity index (χ3v) is 29.2. The number of alkyl halides is 6. The van der Waals surface area contributed by atoms with Crippen LogP contribution in [0.15, 0.2) is 156 Å². The van der Waals surface area contributed by atoms with Crippen molar-refractivity contribution in [1.29, 1.82) is 0 Å². The summed E-state index contributed by atoms with van der Waals surface area (Å²) in [6.45, 7) is 15.3. The van der Waals surface area contributed by atoms with Crippen LogP contribution in [0.5, 0.6) is 0 Å². The molecule has 3 heterocycles. The van der Waals surface area contributed by atoms with Gasteiger partial charge in [-0.1, -0.05) is 156 Å². The number of carbonyl (C=O) groups excluding carboxylic acids is 4. The third-order valence-electron chi connectivity index (χ3n) is 22.8. The predicted molar refractivity (Wildman–Crippen MR) is 543 cm³/mol. The van der Waals surface area contributed by atoms with E-state index >= 15 is 0 Å². The summed E-state index contributed by atoms with van der Waals surface area (Å²) < 4.78 is 79.1. The van der Waals surface area contributed by atoms with Gasteiger partial charge in [0, 0.05) is 142 Å². The van der Waals surface area contributed by atoms with Gasteiger partial charge in [0.05, 0.1) is 42.6 Å². The molecule has 3 aromatic carbocycles. The van der Waals surface area contributed by atoms with Crippen LogP contribution >= 0.6 is 175 Å². The van der Waals surface area contributed by atoms with Crippen LogP contribution in [0.2, 0.25) is 30.1 Å². The molecule has 2 N–H and O–H groups in total. The average Bonchev–Trinajstić information content (AvgIpc) is 1.66. The molecule has 131 heavy (non-hydrogen) atoms. The van der Waals surface area contributed by atoms with Gasteiger partial charge in [0.1, 0.15) is 25.6 Å². The third kappa shape index (κ3) is 50.8. The summed E-state index contributed by atoms with van der Waals surface area (Å²) in [6.07, 6.45) is 45.0. The molecule has 0 amide bonds. The molecule has 10 rings (SSSR count). The maximum absolute atomic E-state index is 11.6. The SMILES string of the molecule is C=CCOC(=O)CCC/C=C\C[C@@H]1[C@@H](CO)[C@H](OC2CCCCO2)C[C@H]1Cl.C=CCOC(=O)CCC/C=C\C[C@@H]1[C@@H](COS(C)(=O)=O)[C@H](OC2CCCCO2)C[C@H]1Cl.C=CCOC(=O)CCC/C=C\C[C@@H]1[C@@H](CSc2cc(Cl)cc(Cl)c2)[C@H](OC2CCCCO2)C[C@H]1Cl.CC(=O)CCC/C=C\C[C@@H]1[C@@H](CSc2cc(Cl)cc(Cl)c2)[C@H](O)C[C@H]1Cl.ClCCl.Sc1cc(Cl)cc(Cl)c1. The Balaban J connectivity index is 0.000000297. The Morgan fingerprint density at radius 2 is 0.771 bits per heavy atom. The molecular weight excluding hydrogens is 2010 g/mol. The van der Waals surface area contributed by atoms with E-state index in [1.807, 2.05) is 36.4 Å². The van der Waals surface area contributed by atoms with Crippen LogP contribution in [0.25, 0.3) is 0 Å². The number of aliphatic hydroxyl groups is 2. The van der Waals surface area contributed by atoms with Gasteiger partial charge in [0.15, 0.2) is 18.9 Å². The molecule has 0 aromatic heterocycles. The van der Waals surface area contributed by atoms with Crippen molar-refractivity contribution >= 4 is 209 Å². The Kier molecular flexibility index (Phi) is 63.7. The van der Waals surface area contributed by atoms with E-state index < -0.39 is 10.1 Å². The number of unbranched alkanes of at least 4 members (excludes halogenated alkanes) is 4. The number of carbonyl (C=O) groups is 4. The number of thiol groups is 1. The molecule has 3 saturated heterocycles. The van der Waals surface area contributed by atoms with Crippen LogP contribution in [0.4, 0.5) is 0 Å². The van der Waals surface area contributed by atoms with Gasteiger partial charge in [-0.05, 0) is 258 Å². The van der Waals surface area contributed by atoms with Crippen molar-refractivity contribution in [2.24, 2.45) is 47.3 Å². The molecule has 3 aromatic rings. The first-order valence-electron chi connectivity index (χ1n) is 45.2. The highest BCUT2D eigenvalue weighted by atomic mass is 35.5. The van der Waals surface area contributed by atoms with Crippen molar-refractivity contribution < 1.29 is 84.6 Å². The number of esters is 3. The van der Waals surface area contributed by atoms with Gasteiger partial charge in [-0.2, -0.15) is 8.42 Å². The van der Waals surface area contributed by atoms with Gasteiger partial charge in [0.2, 0.25) is 0 Å². The van der Waals surface area contributed by atoms with Gasteiger partial charge in [0.25, 0.3) is 10.1 Å². The monoisotopic (exact) mass is 2130 g/mol. The zero-order valence-corrected chi connectivity index (χ0v) is 87.5. The van der Waals surface area contributed by atoms with Gasteiger partial charge in [-0.25, -0.2) is 0 Å². The van der Waals surface area contributed by atoms with Crippen LogP contribution < -0.4 is 0 Å². The predicted octanol–water partition coefficient (Wildman–Crippen LogP) is 27.1. The Bertz CT molecular complexity index is 3930.